The number of aromatic carboxylic acids is 1. The Kier molecular flexibility index (Phi) is 4.94. The van der Waals surface area contributed by atoms with Gasteiger partial charge in [-0.3, -0.25) is 0 Å². The number of carboxylic acids is 1. The zero-order valence-corrected chi connectivity index (χ0v) is 12.2. The fraction of sp³-hybridized carbons (Fsp3) is 0.188. The Labute approximate surface area is 127 Å². The number of carbonyl (C=O) groups is 1. The summed E-state index contributed by atoms with van der Waals surface area (Å²) < 4.78 is 13.7. The Balaban J connectivity index is 2.11. The minimum Gasteiger partial charge on any atom is -0.478 e. The molecule has 0 saturated heterocycles. The Bertz CT molecular complexity index is 660. The molecule has 0 aliphatic rings. The van der Waals surface area contributed by atoms with Gasteiger partial charge in [-0.05, 0) is 36.8 Å². The van der Waals surface area contributed by atoms with E-state index < -0.39 is 11.8 Å². The molecule has 1 atom stereocenters. The molecule has 2 rings (SSSR count). The van der Waals surface area contributed by atoms with E-state index in [0.717, 1.165) is 5.56 Å². The molecule has 0 bridgehead atoms. The Hall–Kier alpha value is -1.91. The van der Waals surface area contributed by atoms with Gasteiger partial charge in [0.05, 0.1) is 5.56 Å². The van der Waals surface area contributed by atoms with Gasteiger partial charge in [-0.15, -0.1) is 0 Å². The third-order valence-electron chi connectivity index (χ3n) is 3.26. The highest BCUT2D eigenvalue weighted by Crippen LogP contribution is 2.22. The predicted octanol–water partition coefficient (Wildman–Crippen LogP) is 4.03. The molecule has 0 aliphatic heterocycles. The highest BCUT2D eigenvalue weighted by molar-refractivity contribution is 6.31. The van der Waals surface area contributed by atoms with Crippen LogP contribution < -0.4 is 5.32 Å². The monoisotopic (exact) mass is 307 g/mol. The van der Waals surface area contributed by atoms with Crippen molar-refractivity contribution >= 4 is 17.6 Å². The van der Waals surface area contributed by atoms with Gasteiger partial charge in [-0.2, -0.15) is 0 Å². The van der Waals surface area contributed by atoms with Gasteiger partial charge in [0, 0.05) is 23.2 Å². The Morgan fingerprint density at radius 3 is 2.71 bits per heavy atom. The van der Waals surface area contributed by atoms with Crippen LogP contribution >= 0.6 is 11.6 Å². The van der Waals surface area contributed by atoms with E-state index >= 15 is 0 Å². The molecule has 5 heteroatoms. The van der Waals surface area contributed by atoms with Crippen LogP contribution in [0.25, 0.3) is 0 Å². The largest absolute Gasteiger partial charge is 0.478 e. The van der Waals surface area contributed by atoms with Crippen molar-refractivity contribution < 1.29 is 14.3 Å². The summed E-state index contributed by atoms with van der Waals surface area (Å²) in [6, 6.07) is 11.1. The fourth-order valence-electron chi connectivity index (χ4n) is 2.04. The zero-order valence-electron chi connectivity index (χ0n) is 11.4. The molecule has 21 heavy (non-hydrogen) atoms. The molecule has 0 unspecified atom stereocenters. The molecule has 2 N–H and O–H groups in total. The van der Waals surface area contributed by atoms with E-state index in [1.165, 1.54) is 18.2 Å². The van der Waals surface area contributed by atoms with Crippen molar-refractivity contribution in [2.75, 3.05) is 0 Å². The van der Waals surface area contributed by atoms with Crippen molar-refractivity contribution in [2.45, 2.75) is 19.5 Å². The number of carboxylic acid groups (broad SMARTS) is 1. The third kappa shape index (κ3) is 3.80. The number of benzene rings is 2. The molecule has 110 valence electrons. The van der Waals surface area contributed by atoms with Crippen LogP contribution in [0.3, 0.4) is 0 Å². The SMILES string of the molecule is C[C@H](NCc1cc(C(=O)O)ccc1F)c1ccccc1Cl. The van der Waals surface area contributed by atoms with Crippen LogP contribution in [-0.4, -0.2) is 11.1 Å². The van der Waals surface area contributed by atoms with Gasteiger partial charge < -0.3 is 10.4 Å². The lowest BCUT2D eigenvalue weighted by molar-refractivity contribution is 0.0696. The van der Waals surface area contributed by atoms with E-state index in [-0.39, 0.29) is 18.2 Å². The number of halogens is 2. The van der Waals surface area contributed by atoms with Gasteiger partial charge in [-0.25, -0.2) is 9.18 Å². The lowest BCUT2D eigenvalue weighted by atomic mass is 10.1. The van der Waals surface area contributed by atoms with Crippen molar-refractivity contribution in [3.05, 3.63) is 70.0 Å². The van der Waals surface area contributed by atoms with Gasteiger partial charge in [0.2, 0.25) is 0 Å². The minimum absolute atomic E-state index is 0.0681. The summed E-state index contributed by atoms with van der Waals surface area (Å²) in [7, 11) is 0. The summed E-state index contributed by atoms with van der Waals surface area (Å²) >= 11 is 6.11. The van der Waals surface area contributed by atoms with E-state index in [1.807, 2.05) is 25.1 Å². The molecule has 0 saturated carbocycles. The van der Waals surface area contributed by atoms with Crippen molar-refractivity contribution in [3.63, 3.8) is 0 Å². The van der Waals surface area contributed by atoms with E-state index in [9.17, 15) is 9.18 Å². The summed E-state index contributed by atoms with van der Waals surface area (Å²) in [5, 5.41) is 12.7. The minimum atomic E-state index is -1.07. The van der Waals surface area contributed by atoms with Crippen LogP contribution in [0.1, 0.15) is 34.5 Å². The summed E-state index contributed by atoms with van der Waals surface area (Å²) in [5.74, 6) is -1.51. The van der Waals surface area contributed by atoms with E-state index in [0.29, 0.717) is 10.6 Å². The van der Waals surface area contributed by atoms with Gasteiger partial charge in [0.1, 0.15) is 5.82 Å². The Morgan fingerprint density at radius 2 is 2.05 bits per heavy atom. The standard InChI is InChI=1S/C16H15ClFNO2/c1-10(13-4-2-3-5-14(13)17)19-9-12-8-11(16(20)21)6-7-15(12)18/h2-8,10,19H,9H2,1H3,(H,20,21)/t10-/m0/s1. The van der Waals surface area contributed by atoms with Crippen molar-refractivity contribution in [2.24, 2.45) is 0 Å². The second-order valence-electron chi connectivity index (χ2n) is 4.74. The smallest absolute Gasteiger partial charge is 0.335 e. The van der Waals surface area contributed by atoms with Crippen molar-refractivity contribution in [1.82, 2.24) is 5.32 Å². The predicted molar refractivity (Wildman–Crippen MR) is 80.1 cm³/mol. The van der Waals surface area contributed by atoms with E-state index in [4.69, 9.17) is 16.7 Å². The van der Waals surface area contributed by atoms with Crippen LogP contribution in [0.2, 0.25) is 5.02 Å². The first kappa shape index (κ1) is 15.5. The number of hydrogen-bond acceptors (Lipinski definition) is 2. The Morgan fingerprint density at radius 1 is 1.33 bits per heavy atom. The number of hydrogen-bond donors (Lipinski definition) is 2. The van der Waals surface area contributed by atoms with Crippen molar-refractivity contribution in [3.8, 4) is 0 Å². The lowest BCUT2D eigenvalue weighted by Gasteiger charge is -2.16. The van der Waals surface area contributed by atoms with Crippen LogP contribution in [0, 0.1) is 5.82 Å². The number of nitrogens with one attached hydrogen (secondary N) is 1. The molecule has 0 radical (unpaired) electrons. The first-order valence-electron chi connectivity index (χ1n) is 6.48. The average molecular weight is 308 g/mol. The molecule has 2 aromatic rings. The van der Waals surface area contributed by atoms with Crippen LogP contribution in [0.4, 0.5) is 4.39 Å². The molecule has 0 heterocycles. The summed E-state index contributed by atoms with van der Waals surface area (Å²) in [5.41, 5.74) is 1.29. The molecule has 2 aromatic carbocycles. The maximum absolute atomic E-state index is 13.7. The first-order chi connectivity index (χ1) is 9.99. The summed E-state index contributed by atoms with van der Waals surface area (Å²) in [6.07, 6.45) is 0. The van der Waals surface area contributed by atoms with Crippen LogP contribution in [0.15, 0.2) is 42.5 Å². The molecule has 0 spiro atoms. The molecular formula is C16H15ClFNO2. The van der Waals surface area contributed by atoms with Gasteiger partial charge >= 0.3 is 5.97 Å². The molecule has 0 amide bonds. The van der Waals surface area contributed by atoms with Crippen LogP contribution in [-0.2, 0) is 6.54 Å². The van der Waals surface area contributed by atoms with Gasteiger partial charge in [-0.1, -0.05) is 29.8 Å². The topological polar surface area (TPSA) is 49.3 Å². The van der Waals surface area contributed by atoms with Crippen LogP contribution in [0.5, 0.6) is 0 Å². The highest BCUT2D eigenvalue weighted by atomic mass is 35.5. The molecule has 0 aliphatic carbocycles. The first-order valence-corrected chi connectivity index (χ1v) is 6.86. The quantitative estimate of drug-likeness (QED) is 0.877. The lowest BCUT2D eigenvalue weighted by Crippen LogP contribution is -2.19. The van der Waals surface area contributed by atoms with Crippen molar-refractivity contribution in [1.29, 1.82) is 0 Å². The zero-order chi connectivity index (χ0) is 15.4. The van der Waals surface area contributed by atoms with E-state index in [1.54, 1.807) is 6.07 Å². The summed E-state index contributed by atoms with van der Waals surface area (Å²) in [6.45, 7) is 2.14. The maximum atomic E-state index is 13.7. The molecule has 0 aromatic heterocycles. The molecule has 3 nitrogen and oxygen atoms in total. The second kappa shape index (κ2) is 6.70. The summed E-state index contributed by atoms with van der Waals surface area (Å²) in [4.78, 5) is 10.9. The van der Waals surface area contributed by atoms with Gasteiger partial charge in [0.15, 0.2) is 0 Å². The average Bonchev–Trinajstić information content (AvgIpc) is 2.46. The number of rotatable bonds is 5. The fourth-order valence-corrected chi connectivity index (χ4v) is 2.34. The highest BCUT2D eigenvalue weighted by Gasteiger charge is 2.12. The second-order valence-corrected chi connectivity index (χ2v) is 5.14. The normalized spacial score (nSPS) is 12.1. The molecule has 0 fully saturated rings. The molecular weight excluding hydrogens is 293 g/mol. The third-order valence-corrected chi connectivity index (χ3v) is 3.61. The van der Waals surface area contributed by atoms with Gasteiger partial charge in [0.25, 0.3) is 0 Å². The maximum Gasteiger partial charge on any atom is 0.335 e. The van der Waals surface area contributed by atoms with E-state index in [2.05, 4.69) is 5.32 Å².